The van der Waals surface area contributed by atoms with Crippen LogP contribution in [0, 0.1) is 0 Å². The fraction of sp³-hybridized carbons (Fsp3) is 0.581. The molecule has 2 heterocycles. The number of piperazine rings is 1. The molecule has 0 radical (unpaired) electrons. The second-order valence-electron chi connectivity index (χ2n) is 11.4. The largest absolute Gasteiger partial charge is 0.496 e. The Morgan fingerprint density at radius 2 is 1.84 bits per heavy atom. The number of anilines is 1. The smallest absolute Gasteiger partial charge is 0.410 e. The summed E-state index contributed by atoms with van der Waals surface area (Å²) in [4.78, 5) is 51.3. The fourth-order valence-corrected chi connectivity index (χ4v) is 4.79. The van der Waals surface area contributed by atoms with Crippen LogP contribution in [-0.2, 0) is 27.4 Å². The molecule has 1 aliphatic heterocycles. The number of unbranched alkanes of at least 4 members (excludes halogenated alkanes) is 1. The number of amides is 1. The Morgan fingerprint density at radius 3 is 2.45 bits per heavy atom. The van der Waals surface area contributed by atoms with Crippen molar-refractivity contribution in [3.05, 3.63) is 40.0 Å². The summed E-state index contributed by atoms with van der Waals surface area (Å²) in [6.07, 6.45) is 1.98. The Balaban J connectivity index is 1.80. The normalized spacial score (nSPS) is 13.8. The van der Waals surface area contributed by atoms with Crippen LogP contribution in [0.1, 0.15) is 68.9 Å². The van der Waals surface area contributed by atoms with Crippen LogP contribution in [0.2, 0.25) is 5.15 Å². The first-order valence-corrected chi connectivity index (χ1v) is 15.3. The van der Waals surface area contributed by atoms with Crippen molar-refractivity contribution in [1.29, 1.82) is 0 Å². The maximum absolute atomic E-state index is 12.6. The number of hydrogen-bond acceptors (Lipinski definition) is 11. The molecule has 13 heteroatoms. The number of aromatic nitrogens is 2. The van der Waals surface area contributed by atoms with E-state index in [-0.39, 0.29) is 48.3 Å². The fourth-order valence-electron chi connectivity index (χ4n) is 4.59. The summed E-state index contributed by atoms with van der Waals surface area (Å²) >= 11 is 6.36. The van der Waals surface area contributed by atoms with E-state index in [2.05, 4.69) is 14.9 Å². The monoisotopic (exact) mass is 633 g/mol. The molecular weight excluding hydrogens is 590 g/mol. The summed E-state index contributed by atoms with van der Waals surface area (Å²) in [6.45, 7) is 13.1. The molecule has 0 spiro atoms. The summed E-state index contributed by atoms with van der Waals surface area (Å²) < 4.78 is 22.1. The maximum atomic E-state index is 12.6. The van der Waals surface area contributed by atoms with Crippen LogP contribution < -0.4 is 14.4 Å². The number of ether oxygens (including phenoxy) is 4. The number of benzene rings is 1. The third kappa shape index (κ3) is 10.2. The second kappa shape index (κ2) is 16.4. The zero-order valence-corrected chi connectivity index (χ0v) is 27.3. The molecule has 44 heavy (non-hydrogen) atoms. The van der Waals surface area contributed by atoms with Gasteiger partial charge >= 0.3 is 18.1 Å². The number of carbonyl (C=O) groups excluding carboxylic acids is 3. The van der Waals surface area contributed by atoms with Gasteiger partial charge in [-0.05, 0) is 45.7 Å². The molecule has 0 N–H and O–H groups in total. The molecule has 1 saturated heterocycles. The van der Waals surface area contributed by atoms with Crippen LogP contribution in [-0.4, -0.2) is 96.8 Å². The predicted octanol–water partition coefficient (Wildman–Crippen LogP) is 4.75. The van der Waals surface area contributed by atoms with Gasteiger partial charge in [-0.1, -0.05) is 37.1 Å². The molecule has 1 aliphatic rings. The van der Waals surface area contributed by atoms with Crippen molar-refractivity contribution >= 4 is 35.8 Å². The van der Waals surface area contributed by atoms with E-state index in [0.717, 1.165) is 24.0 Å². The van der Waals surface area contributed by atoms with Gasteiger partial charge < -0.3 is 28.7 Å². The molecule has 0 unspecified atom stereocenters. The zero-order valence-electron chi connectivity index (χ0n) is 26.6. The van der Waals surface area contributed by atoms with Gasteiger partial charge in [0.15, 0.2) is 6.29 Å². The topological polar surface area (TPSA) is 124 Å². The van der Waals surface area contributed by atoms with Crippen molar-refractivity contribution in [3.8, 4) is 11.8 Å². The summed E-state index contributed by atoms with van der Waals surface area (Å²) in [5.74, 6) is 0.276. The lowest BCUT2D eigenvalue weighted by molar-refractivity contribution is -0.141. The minimum Gasteiger partial charge on any atom is -0.496 e. The minimum absolute atomic E-state index is 0.0204. The molecule has 1 amide bonds. The number of nitrogens with zero attached hydrogens (tertiary/aromatic N) is 5. The molecule has 0 bridgehead atoms. The Morgan fingerprint density at radius 1 is 1.11 bits per heavy atom. The van der Waals surface area contributed by atoms with Gasteiger partial charge in [0.05, 0.1) is 25.9 Å². The minimum atomic E-state index is -0.530. The lowest BCUT2D eigenvalue weighted by Crippen LogP contribution is -2.49. The summed E-state index contributed by atoms with van der Waals surface area (Å²) in [7, 11) is 1.58. The van der Waals surface area contributed by atoms with Crippen LogP contribution >= 0.6 is 11.6 Å². The van der Waals surface area contributed by atoms with Crippen molar-refractivity contribution in [2.24, 2.45) is 0 Å². The number of carbonyl (C=O) groups is 3. The first kappa shape index (κ1) is 34.8. The third-order valence-corrected chi connectivity index (χ3v) is 7.06. The highest BCUT2D eigenvalue weighted by Gasteiger charge is 2.27. The van der Waals surface area contributed by atoms with Crippen molar-refractivity contribution in [2.45, 2.75) is 66.2 Å². The van der Waals surface area contributed by atoms with E-state index in [1.54, 1.807) is 23.8 Å². The molecule has 0 aliphatic carbocycles. The summed E-state index contributed by atoms with van der Waals surface area (Å²) in [6, 6.07) is 5.89. The number of hydrogen-bond donors (Lipinski definition) is 0. The van der Waals surface area contributed by atoms with Crippen molar-refractivity contribution < 1.29 is 33.3 Å². The highest BCUT2D eigenvalue weighted by Crippen LogP contribution is 2.30. The van der Waals surface area contributed by atoms with E-state index in [0.29, 0.717) is 51.4 Å². The van der Waals surface area contributed by atoms with E-state index in [9.17, 15) is 14.4 Å². The van der Waals surface area contributed by atoms with Gasteiger partial charge in [-0.2, -0.15) is 9.97 Å². The van der Waals surface area contributed by atoms with Crippen LogP contribution in [0.5, 0.6) is 11.8 Å². The molecule has 1 fully saturated rings. The summed E-state index contributed by atoms with van der Waals surface area (Å²) in [5.41, 5.74) is 1.30. The zero-order chi connectivity index (χ0) is 32.3. The Kier molecular flexibility index (Phi) is 13.0. The number of esters is 1. The number of rotatable bonds is 14. The van der Waals surface area contributed by atoms with Gasteiger partial charge in [-0.15, -0.1) is 0 Å². The average Bonchev–Trinajstić information content (AvgIpc) is 2.97. The molecule has 2 aromatic rings. The van der Waals surface area contributed by atoms with E-state index in [1.165, 1.54) is 0 Å². The second-order valence-corrected chi connectivity index (χ2v) is 11.8. The quantitative estimate of drug-likeness (QED) is 0.124. The lowest BCUT2D eigenvalue weighted by Gasteiger charge is -2.35. The van der Waals surface area contributed by atoms with E-state index in [1.807, 2.05) is 45.9 Å². The van der Waals surface area contributed by atoms with Crippen LogP contribution in [0.25, 0.3) is 0 Å². The molecule has 3 rings (SSSR count). The first-order chi connectivity index (χ1) is 21.0. The molecule has 1 aromatic heterocycles. The summed E-state index contributed by atoms with van der Waals surface area (Å²) in [5, 5.41) is -0.0700. The van der Waals surface area contributed by atoms with E-state index in [4.69, 9.17) is 30.5 Å². The number of aldehydes is 1. The van der Waals surface area contributed by atoms with E-state index >= 15 is 0 Å². The predicted molar refractivity (Wildman–Crippen MR) is 167 cm³/mol. The van der Waals surface area contributed by atoms with Gasteiger partial charge in [-0.3, -0.25) is 14.5 Å². The van der Waals surface area contributed by atoms with Gasteiger partial charge in [0.1, 0.15) is 28.9 Å². The molecule has 1 aromatic carbocycles. The van der Waals surface area contributed by atoms with Crippen molar-refractivity contribution in [3.63, 3.8) is 0 Å². The third-order valence-electron chi connectivity index (χ3n) is 6.77. The van der Waals surface area contributed by atoms with Crippen LogP contribution in [0.15, 0.2) is 18.2 Å². The van der Waals surface area contributed by atoms with Crippen LogP contribution in [0.3, 0.4) is 0 Å². The molecule has 0 saturated carbocycles. The Labute approximate surface area is 264 Å². The standard InChI is InChI=1S/C31H44ClN5O7/c1-7-9-16-43-29-33-27(32)24(21-38)28(34-29)37(20-26(39)42-8-2)19-23-11-10-22(17-25(23)41-6)18-35-12-14-36(15-13-35)30(40)44-31(3,4)5/h10-11,17,21H,7-9,12-16,18-20H2,1-6H3. The Bertz CT molecular complexity index is 1280. The van der Waals surface area contributed by atoms with Gasteiger partial charge in [0.2, 0.25) is 0 Å². The number of halogens is 1. The van der Waals surface area contributed by atoms with Crippen LogP contribution in [0.4, 0.5) is 10.6 Å². The van der Waals surface area contributed by atoms with Gasteiger partial charge in [0.25, 0.3) is 0 Å². The first-order valence-electron chi connectivity index (χ1n) is 14.9. The maximum Gasteiger partial charge on any atom is 0.410 e. The Hall–Kier alpha value is -3.64. The molecule has 242 valence electrons. The van der Waals surface area contributed by atoms with Gasteiger partial charge in [-0.25, -0.2) is 4.79 Å². The number of methoxy groups -OCH3 is 1. The van der Waals surface area contributed by atoms with Crippen molar-refractivity contribution in [2.75, 3.05) is 57.9 Å². The van der Waals surface area contributed by atoms with Gasteiger partial charge in [0, 0.05) is 44.8 Å². The molecule has 0 atom stereocenters. The molecule has 12 nitrogen and oxygen atoms in total. The average molecular weight is 634 g/mol. The van der Waals surface area contributed by atoms with Crippen molar-refractivity contribution in [1.82, 2.24) is 19.8 Å². The van der Waals surface area contributed by atoms with E-state index < -0.39 is 11.6 Å². The molecular formula is C31H44ClN5O7. The highest BCUT2D eigenvalue weighted by atomic mass is 35.5. The lowest BCUT2D eigenvalue weighted by atomic mass is 10.1. The highest BCUT2D eigenvalue weighted by molar-refractivity contribution is 6.32. The SMILES string of the molecule is CCCCOc1nc(Cl)c(C=O)c(N(CC(=O)OCC)Cc2ccc(CN3CCN(C(=O)OC(C)(C)C)CC3)cc2OC)n1.